The van der Waals surface area contributed by atoms with Crippen molar-refractivity contribution < 1.29 is 14.7 Å². The second-order valence-electron chi connectivity index (χ2n) is 3.60. The van der Waals surface area contributed by atoms with Gasteiger partial charge in [0.25, 0.3) is 0 Å². The summed E-state index contributed by atoms with van der Waals surface area (Å²) < 4.78 is 0. The van der Waals surface area contributed by atoms with Gasteiger partial charge in [0.05, 0.1) is 5.92 Å². The van der Waals surface area contributed by atoms with Crippen LogP contribution in [0.4, 0.5) is 0 Å². The fourth-order valence-electron chi connectivity index (χ4n) is 1.55. The first-order valence-electron chi connectivity index (χ1n) is 3.81. The average Bonchev–Trinajstić information content (AvgIpc) is 2.49. The molecule has 1 fully saturated rings. The van der Waals surface area contributed by atoms with Crippen LogP contribution >= 0.6 is 0 Å². The molecule has 1 N–H and O–H groups in total. The highest BCUT2D eigenvalue weighted by Crippen LogP contribution is 2.57. The highest BCUT2D eigenvalue weighted by Gasteiger charge is 2.61. The molecule has 1 aliphatic rings. The van der Waals surface area contributed by atoms with Crippen molar-refractivity contribution in [2.75, 3.05) is 7.11 Å². The normalized spacial score (nSPS) is 31.9. The van der Waals surface area contributed by atoms with Gasteiger partial charge in [-0.1, -0.05) is 19.0 Å². The van der Waals surface area contributed by atoms with E-state index in [2.05, 4.69) is 9.99 Å². The third kappa shape index (κ3) is 1.29. The topological polar surface area (TPSA) is 58.9 Å². The maximum Gasteiger partial charge on any atom is 0.307 e. The predicted molar refractivity (Wildman–Crippen MR) is 43.9 cm³/mol. The number of carbonyl (C=O) groups is 1. The molecule has 0 aromatic carbocycles. The van der Waals surface area contributed by atoms with Gasteiger partial charge in [0.2, 0.25) is 0 Å². The zero-order valence-corrected chi connectivity index (χ0v) is 7.44. The lowest BCUT2D eigenvalue weighted by Crippen LogP contribution is -2.03. The van der Waals surface area contributed by atoms with Crippen molar-refractivity contribution in [2.45, 2.75) is 13.8 Å². The van der Waals surface area contributed by atoms with E-state index in [1.807, 2.05) is 13.8 Å². The fraction of sp³-hybridized carbons (Fsp3) is 0.750. The maximum absolute atomic E-state index is 10.6. The van der Waals surface area contributed by atoms with Gasteiger partial charge in [-0.25, -0.2) is 0 Å². The Kier molecular flexibility index (Phi) is 2.08. The molecule has 2 atom stereocenters. The molecule has 0 radical (unpaired) electrons. The lowest BCUT2D eigenvalue weighted by Gasteiger charge is -1.95. The maximum atomic E-state index is 10.6. The van der Waals surface area contributed by atoms with Crippen molar-refractivity contribution >= 4 is 12.2 Å². The first kappa shape index (κ1) is 9.03. The van der Waals surface area contributed by atoms with E-state index >= 15 is 0 Å². The molecule has 4 heteroatoms. The molecule has 1 saturated carbocycles. The molecule has 1 aliphatic carbocycles. The number of carboxylic acids is 1. The van der Waals surface area contributed by atoms with E-state index in [1.165, 1.54) is 7.11 Å². The molecular weight excluding hydrogens is 158 g/mol. The largest absolute Gasteiger partial charge is 0.481 e. The van der Waals surface area contributed by atoms with Crippen LogP contribution in [0.2, 0.25) is 0 Å². The van der Waals surface area contributed by atoms with Gasteiger partial charge in [-0.2, -0.15) is 0 Å². The van der Waals surface area contributed by atoms with E-state index in [0.717, 1.165) is 0 Å². The standard InChI is InChI=1S/C8H13NO3/c1-8(2)5(4-9-12-3)6(8)7(10)11/h4-6H,1-3H3,(H,10,11)/b9-4+/t5-,6+/m1/s1. The van der Waals surface area contributed by atoms with E-state index in [-0.39, 0.29) is 17.3 Å². The van der Waals surface area contributed by atoms with Crippen molar-refractivity contribution in [1.82, 2.24) is 0 Å². The minimum absolute atomic E-state index is 0.00921. The third-order valence-electron chi connectivity index (χ3n) is 2.50. The number of rotatable bonds is 3. The Labute approximate surface area is 71.2 Å². The molecule has 0 bridgehead atoms. The Morgan fingerprint density at radius 2 is 2.25 bits per heavy atom. The Bertz CT molecular complexity index is 222. The molecule has 0 heterocycles. The summed E-state index contributed by atoms with van der Waals surface area (Å²) in [6, 6.07) is 0. The quantitative estimate of drug-likeness (QED) is 0.508. The smallest absolute Gasteiger partial charge is 0.307 e. The average molecular weight is 171 g/mol. The van der Waals surface area contributed by atoms with Crippen LogP contribution in [0.3, 0.4) is 0 Å². The van der Waals surface area contributed by atoms with Crippen molar-refractivity contribution in [3.63, 3.8) is 0 Å². The van der Waals surface area contributed by atoms with Crippen LogP contribution in [-0.4, -0.2) is 24.4 Å². The number of carboxylic acid groups (broad SMARTS) is 1. The van der Waals surface area contributed by atoms with E-state index in [4.69, 9.17) is 5.11 Å². The molecule has 0 aromatic rings. The van der Waals surface area contributed by atoms with Gasteiger partial charge in [-0.05, 0) is 5.41 Å². The van der Waals surface area contributed by atoms with Gasteiger partial charge in [0.15, 0.2) is 0 Å². The Morgan fingerprint density at radius 3 is 2.58 bits per heavy atom. The molecule has 0 amide bonds. The summed E-state index contributed by atoms with van der Waals surface area (Å²) >= 11 is 0. The van der Waals surface area contributed by atoms with E-state index in [9.17, 15) is 4.79 Å². The van der Waals surface area contributed by atoms with Crippen LogP contribution < -0.4 is 0 Å². The van der Waals surface area contributed by atoms with Gasteiger partial charge in [0, 0.05) is 12.1 Å². The molecular formula is C8H13NO3. The van der Waals surface area contributed by atoms with Crippen molar-refractivity contribution in [3.8, 4) is 0 Å². The van der Waals surface area contributed by atoms with Gasteiger partial charge in [-0.3, -0.25) is 4.79 Å². The highest BCUT2D eigenvalue weighted by molar-refractivity contribution is 5.84. The Balaban J connectivity index is 2.60. The molecule has 0 aromatic heterocycles. The molecule has 1 rings (SSSR count). The van der Waals surface area contributed by atoms with Crippen LogP contribution in [-0.2, 0) is 9.63 Å². The minimum atomic E-state index is -0.757. The molecule has 4 nitrogen and oxygen atoms in total. The molecule has 12 heavy (non-hydrogen) atoms. The summed E-state index contributed by atoms with van der Waals surface area (Å²) in [5.74, 6) is -1.06. The summed E-state index contributed by atoms with van der Waals surface area (Å²) in [5.41, 5.74) is -0.173. The summed E-state index contributed by atoms with van der Waals surface area (Å²) in [6.07, 6.45) is 1.57. The summed E-state index contributed by atoms with van der Waals surface area (Å²) in [7, 11) is 1.45. The molecule has 0 saturated heterocycles. The molecule has 68 valence electrons. The Morgan fingerprint density at radius 1 is 1.67 bits per heavy atom. The first-order valence-corrected chi connectivity index (χ1v) is 3.81. The molecule has 0 aliphatic heterocycles. The molecule has 0 spiro atoms. The highest BCUT2D eigenvalue weighted by atomic mass is 16.6. The second-order valence-corrected chi connectivity index (χ2v) is 3.60. The van der Waals surface area contributed by atoms with Crippen molar-refractivity contribution in [2.24, 2.45) is 22.4 Å². The van der Waals surface area contributed by atoms with E-state index in [1.54, 1.807) is 6.21 Å². The first-order chi connectivity index (χ1) is 5.51. The van der Waals surface area contributed by atoms with Gasteiger partial charge < -0.3 is 9.94 Å². The number of hydrogen-bond acceptors (Lipinski definition) is 3. The van der Waals surface area contributed by atoms with Gasteiger partial charge in [-0.15, -0.1) is 0 Å². The second kappa shape index (κ2) is 2.77. The van der Waals surface area contributed by atoms with Crippen LogP contribution in [0.1, 0.15) is 13.8 Å². The lowest BCUT2D eigenvalue weighted by molar-refractivity contribution is -0.139. The predicted octanol–water partition coefficient (Wildman–Crippen LogP) is 0.975. The SMILES string of the molecule is CO/N=C/[C@@H]1[C@@H](C(=O)O)C1(C)C. The Hall–Kier alpha value is -1.06. The van der Waals surface area contributed by atoms with Gasteiger partial charge >= 0.3 is 5.97 Å². The van der Waals surface area contributed by atoms with E-state index in [0.29, 0.717) is 0 Å². The fourth-order valence-corrected chi connectivity index (χ4v) is 1.55. The van der Waals surface area contributed by atoms with Crippen LogP contribution in [0, 0.1) is 17.3 Å². The summed E-state index contributed by atoms with van der Waals surface area (Å²) in [6.45, 7) is 3.83. The van der Waals surface area contributed by atoms with Crippen molar-refractivity contribution in [1.29, 1.82) is 0 Å². The summed E-state index contributed by atoms with van der Waals surface area (Å²) in [4.78, 5) is 15.1. The number of nitrogens with zero attached hydrogens (tertiary/aromatic N) is 1. The van der Waals surface area contributed by atoms with Crippen LogP contribution in [0.15, 0.2) is 5.16 Å². The van der Waals surface area contributed by atoms with Crippen molar-refractivity contribution in [3.05, 3.63) is 0 Å². The number of oxime groups is 1. The van der Waals surface area contributed by atoms with Crippen LogP contribution in [0.25, 0.3) is 0 Å². The lowest BCUT2D eigenvalue weighted by atomic mass is 10.1. The number of aliphatic carboxylic acids is 1. The summed E-state index contributed by atoms with van der Waals surface area (Å²) in [5, 5.41) is 12.3. The van der Waals surface area contributed by atoms with Gasteiger partial charge in [0.1, 0.15) is 7.11 Å². The zero-order valence-electron chi connectivity index (χ0n) is 7.44. The molecule has 0 unspecified atom stereocenters. The third-order valence-corrected chi connectivity index (χ3v) is 2.50. The minimum Gasteiger partial charge on any atom is -0.481 e. The monoisotopic (exact) mass is 171 g/mol. The number of hydrogen-bond donors (Lipinski definition) is 1. The zero-order chi connectivity index (χ0) is 9.35. The van der Waals surface area contributed by atoms with Crippen LogP contribution in [0.5, 0.6) is 0 Å². The van der Waals surface area contributed by atoms with E-state index < -0.39 is 5.97 Å².